The van der Waals surface area contributed by atoms with Gasteiger partial charge in [-0.15, -0.1) is 11.6 Å². The van der Waals surface area contributed by atoms with E-state index in [0.717, 1.165) is 11.8 Å². The van der Waals surface area contributed by atoms with Crippen LogP contribution in [-0.2, 0) is 14.3 Å². The van der Waals surface area contributed by atoms with Crippen LogP contribution < -0.4 is 5.32 Å². The molecule has 0 spiro atoms. The Hall–Kier alpha value is -0.580. The number of hydrogen-bond donors (Lipinski definition) is 2. The van der Waals surface area contributed by atoms with Crippen molar-refractivity contribution >= 4 is 17.5 Å². The molecular formula is C13H22ClF2N3O4. The quantitative estimate of drug-likeness (QED) is 0.409. The van der Waals surface area contributed by atoms with Crippen LogP contribution in [-0.4, -0.2) is 84.3 Å². The predicted molar refractivity (Wildman–Crippen MR) is 77.9 cm³/mol. The highest BCUT2D eigenvalue weighted by molar-refractivity contribution is 6.17. The second-order valence-electron chi connectivity index (χ2n) is 5.51. The molecule has 23 heavy (non-hydrogen) atoms. The predicted octanol–water partition coefficient (Wildman–Crippen LogP) is -0.0208. The van der Waals surface area contributed by atoms with Crippen LogP contribution in [0.1, 0.15) is 13.3 Å². The summed E-state index contributed by atoms with van der Waals surface area (Å²) in [4.78, 5) is 13.7. The number of amides is 1. The van der Waals surface area contributed by atoms with E-state index in [2.05, 4.69) is 0 Å². The van der Waals surface area contributed by atoms with Crippen molar-refractivity contribution in [3.8, 4) is 0 Å². The minimum Gasteiger partial charge on any atom is -0.357 e. The molecule has 2 saturated heterocycles. The maximum absolute atomic E-state index is 14.6. The lowest BCUT2D eigenvalue weighted by molar-refractivity contribution is -0.339. The minimum absolute atomic E-state index is 0.0253. The van der Waals surface area contributed by atoms with Crippen LogP contribution >= 0.6 is 11.6 Å². The molecule has 0 radical (unpaired) electrons. The van der Waals surface area contributed by atoms with E-state index in [4.69, 9.17) is 21.1 Å². The SMILES string of the molecule is CC(=O)N[C@@]1(O)OCCN(C2OCCN(CCCCl)C2F)[C@H]1F. The van der Waals surface area contributed by atoms with Gasteiger partial charge in [-0.3, -0.25) is 9.69 Å². The van der Waals surface area contributed by atoms with E-state index in [0.29, 0.717) is 25.4 Å². The van der Waals surface area contributed by atoms with Gasteiger partial charge in [0, 0.05) is 32.4 Å². The Kier molecular flexibility index (Phi) is 6.52. The number of ether oxygens (including phenoxy) is 2. The van der Waals surface area contributed by atoms with E-state index in [9.17, 15) is 18.7 Å². The molecule has 2 N–H and O–H groups in total. The van der Waals surface area contributed by atoms with Crippen LogP contribution in [0, 0.1) is 0 Å². The molecule has 1 amide bonds. The third-order valence-corrected chi connectivity index (χ3v) is 4.07. The highest BCUT2D eigenvalue weighted by Crippen LogP contribution is 2.29. The summed E-state index contributed by atoms with van der Waals surface area (Å²) < 4.78 is 39.6. The lowest BCUT2D eigenvalue weighted by atomic mass is 10.2. The number of aliphatic hydroxyl groups is 1. The molecule has 2 fully saturated rings. The van der Waals surface area contributed by atoms with Gasteiger partial charge in [0.15, 0.2) is 12.5 Å². The molecule has 2 unspecified atom stereocenters. The number of nitrogens with one attached hydrogen (secondary N) is 1. The third-order valence-electron chi connectivity index (χ3n) is 3.80. The topological polar surface area (TPSA) is 74.3 Å². The number of nitrogens with zero attached hydrogens (tertiary/aromatic N) is 2. The van der Waals surface area contributed by atoms with E-state index in [-0.39, 0.29) is 19.8 Å². The molecule has 0 aromatic heterocycles. The summed E-state index contributed by atoms with van der Waals surface area (Å²) in [7, 11) is 0. The Morgan fingerprint density at radius 1 is 1.43 bits per heavy atom. The molecule has 7 nitrogen and oxygen atoms in total. The molecule has 2 aliphatic rings. The van der Waals surface area contributed by atoms with Crippen molar-refractivity contribution < 1.29 is 28.2 Å². The first-order chi connectivity index (χ1) is 10.9. The van der Waals surface area contributed by atoms with Gasteiger partial charge in [-0.1, -0.05) is 0 Å². The van der Waals surface area contributed by atoms with E-state index >= 15 is 0 Å². The summed E-state index contributed by atoms with van der Waals surface area (Å²) in [5, 5.41) is 12.1. The van der Waals surface area contributed by atoms with Crippen LogP contribution in [0.3, 0.4) is 0 Å². The Morgan fingerprint density at radius 3 is 2.83 bits per heavy atom. The van der Waals surface area contributed by atoms with Gasteiger partial charge in [0.05, 0.1) is 13.2 Å². The number of hydrogen-bond acceptors (Lipinski definition) is 6. The van der Waals surface area contributed by atoms with Crippen molar-refractivity contribution in [2.24, 2.45) is 0 Å². The lowest BCUT2D eigenvalue weighted by Crippen LogP contribution is -2.70. The molecule has 134 valence electrons. The van der Waals surface area contributed by atoms with Gasteiger partial charge in [-0.2, -0.15) is 0 Å². The van der Waals surface area contributed by atoms with Gasteiger partial charge in [0.25, 0.3) is 5.91 Å². The van der Waals surface area contributed by atoms with Gasteiger partial charge < -0.3 is 19.9 Å². The molecule has 10 heteroatoms. The minimum atomic E-state index is -2.52. The number of carbonyl (C=O) groups excluding carboxylic acids is 1. The van der Waals surface area contributed by atoms with Gasteiger partial charge in [-0.05, 0) is 6.42 Å². The fourth-order valence-electron chi connectivity index (χ4n) is 2.74. The van der Waals surface area contributed by atoms with Crippen LogP contribution in [0.5, 0.6) is 0 Å². The first kappa shape index (κ1) is 18.8. The van der Waals surface area contributed by atoms with E-state index in [1.165, 1.54) is 4.90 Å². The fourth-order valence-corrected chi connectivity index (χ4v) is 2.86. The highest BCUT2D eigenvalue weighted by atomic mass is 35.5. The second kappa shape index (κ2) is 8.00. The third kappa shape index (κ3) is 4.28. The summed E-state index contributed by atoms with van der Waals surface area (Å²) in [6.07, 6.45) is -4.31. The summed E-state index contributed by atoms with van der Waals surface area (Å²) in [6, 6.07) is 0. The molecular weight excluding hydrogens is 336 g/mol. The van der Waals surface area contributed by atoms with Crippen molar-refractivity contribution in [1.82, 2.24) is 15.1 Å². The van der Waals surface area contributed by atoms with Gasteiger partial charge in [0.2, 0.25) is 12.2 Å². The van der Waals surface area contributed by atoms with Crippen LogP contribution in [0.4, 0.5) is 8.78 Å². The number of halogens is 3. The van der Waals surface area contributed by atoms with Crippen LogP contribution in [0.25, 0.3) is 0 Å². The van der Waals surface area contributed by atoms with Crippen LogP contribution in [0.15, 0.2) is 0 Å². The molecule has 0 aromatic carbocycles. The number of alkyl halides is 3. The molecule has 4 atom stereocenters. The summed E-state index contributed by atoms with van der Waals surface area (Å²) in [5.41, 5.74) is 0. The number of morpholine rings is 2. The molecule has 0 aromatic rings. The van der Waals surface area contributed by atoms with Crippen molar-refractivity contribution in [3.63, 3.8) is 0 Å². The van der Waals surface area contributed by atoms with E-state index in [1.807, 2.05) is 5.32 Å². The maximum Gasteiger partial charge on any atom is 0.296 e. The summed E-state index contributed by atoms with van der Waals surface area (Å²) in [6.45, 7) is 2.11. The monoisotopic (exact) mass is 357 g/mol. The molecule has 2 rings (SSSR count). The first-order valence-electron chi connectivity index (χ1n) is 7.49. The Morgan fingerprint density at radius 2 is 2.17 bits per heavy atom. The highest BCUT2D eigenvalue weighted by Gasteiger charge is 2.51. The van der Waals surface area contributed by atoms with Crippen molar-refractivity contribution in [2.45, 2.75) is 38.1 Å². The zero-order chi connectivity index (χ0) is 17.0. The van der Waals surface area contributed by atoms with E-state index < -0.39 is 30.6 Å². The Balaban J connectivity index is 2.08. The van der Waals surface area contributed by atoms with Crippen molar-refractivity contribution in [1.29, 1.82) is 0 Å². The van der Waals surface area contributed by atoms with Crippen LogP contribution in [0.2, 0.25) is 0 Å². The van der Waals surface area contributed by atoms with Gasteiger partial charge in [-0.25, -0.2) is 13.7 Å². The molecule has 0 bridgehead atoms. The zero-order valence-corrected chi connectivity index (χ0v) is 13.6. The van der Waals surface area contributed by atoms with Gasteiger partial charge >= 0.3 is 0 Å². The Bertz CT molecular complexity index is 423. The number of carbonyl (C=O) groups is 1. The molecule has 0 aliphatic carbocycles. The maximum atomic E-state index is 14.6. The van der Waals surface area contributed by atoms with E-state index in [1.54, 1.807) is 0 Å². The number of rotatable bonds is 5. The lowest BCUT2D eigenvalue weighted by Gasteiger charge is -2.48. The largest absolute Gasteiger partial charge is 0.357 e. The average molecular weight is 358 g/mol. The zero-order valence-electron chi connectivity index (χ0n) is 12.9. The van der Waals surface area contributed by atoms with Crippen molar-refractivity contribution in [2.75, 3.05) is 38.7 Å². The van der Waals surface area contributed by atoms with Crippen molar-refractivity contribution in [3.05, 3.63) is 0 Å². The molecule has 0 saturated carbocycles. The molecule has 2 heterocycles. The summed E-state index contributed by atoms with van der Waals surface area (Å²) >= 11 is 5.62. The van der Waals surface area contributed by atoms with Gasteiger partial charge in [0.1, 0.15) is 0 Å². The molecule has 2 aliphatic heterocycles. The summed E-state index contributed by atoms with van der Waals surface area (Å²) in [5.74, 6) is -2.78. The average Bonchev–Trinajstić information content (AvgIpc) is 2.49. The smallest absolute Gasteiger partial charge is 0.296 e. The second-order valence-corrected chi connectivity index (χ2v) is 5.89. The normalized spacial score (nSPS) is 36.8. The Labute approximate surface area is 138 Å². The fraction of sp³-hybridized carbons (Fsp3) is 0.923. The first-order valence-corrected chi connectivity index (χ1v) is 8.03. The standard InChI is InChI=1S/C13H22ClF2N3O4/c1-9(20)17-13(21)12(16)19(6-8-23-13)11-10(15)18(4-2-3-14)5-7-22-11/h10-12,21H,2-8H2,1H3,(H,17,20)/t10?,11?,12-,13+/m1/s1.